The number of rotatable bonds is 5. The summed E-state index contributed by atoms with van der Waals surface area (Å²) in [5, 5.41) is 10.4. The third-order valence-corrected chi connectivity index (χ3v) is 5.70. The number of amides is 1. The first kappa shape index (κ1) is 16.1. The van der Waals surface area contributed by atoms with Crippen LogP contribution in [0.1, 0.15) is 61.8 Å². The van der Waals surface area contributed by atoms with E-state index in [0.29, 0.717) is 25.6 Å². The third-order valence-electron chi connectivity index (χ3n) is 5.70. The van der Waals surface area contributed by atoms with E-state index in [0.717, 1.165) is 51.0 Å². The van der Waals surface area contributed by atoms with E-state index in [-0.39, 0.29) is 5.91 Å². The van der Waals surface area contributed by atoms with Crippen LogP contribution < -0.4 is 0 Å². The Morgan fingerprint density at radius 2 is 2.00 bits per heavy atom. The normalized spacial score (nSPS) is 26.1. The van der Waals surface area contributed by atoms with Crippen LogP contribution in [0.3, 0.4) is 0 Å². The molecule has 0 bridgehead atoms. The summed E-state index contributed by atoms with van der Waals surface area (Å²) in [5.74, 6) is 1.27. The monoisotopic (exact) mass is 332 g/mol. The molecule has 6 heteroatoms. The molecule has 0 spiro atoms. The van der Waals surface area contributed by atoms with Gasteiger partial charge in [-0.25, -0.2) is 4.98 Å². The summed E-state index contributed by atoms with van der Waals surface area (Å²) in [4.78, 5) is 24.3. The van der Waals surface area contributed by atoms with Crippen LogP contribution in [0, 0.1) is 0 Å². The predicted molar refractivity (Wildman–Crippen MR) is 90.6 cm³/mol. The first-order chi connectivity index (χ1) is 11.7. The van der Waals surface area contributed by atoms with Gasteiger partial charge < -0.3 is 15.0 Å². The number of imidazole rings is 1. The summed E-state index contributed by atoms with van der Waals surface area (Å²) in [6, 6.07) is 0.291. The summed E-state index contributed by atoms with van der Waals surface area (Å²) in [6.07, 6.45) is 8.05. The van der Waals surface area contributed by atoms with E-state index in [1.807, 2.05) is 0 Å². The second-order valence-electron chi connectivity index (χ2n) is 7.50. The maximum atomic E-state index is 11.7. The van der Waals surface area contributed by atoms with Crippen molar-refractivity contribution in [3.8, 4) is 0 Å². The van der Waals surface area contributed by atoms with Crippen LogP contribution >= 0.6 is 0 Å². The minimum atomic E-state index is -0.475. The van der Waals surface area contributed by atoms with Gasteiger partial charge in [0.2, 0.25) is 5.91 Å². The van der Waals surface area contributed by atoms with Crippen LogP contribution in [0.2, 0.25) is 0 Å². The van der Waals surface area contributed by atoms with Gasteiger partial charge in [-0.2, -0.15) is 0 Å². The molecule has 0 aromatic carbocycles. The number of likely N-dealkylation sites (tertiary alicyclic amines) is 2. The zero-order valence-corrected chi connectivity index (χ0v) is 14.3. The lowest BCUT2D eigenvalue weighted by Gasteiger charge is -2.27. The number of hydrogen-bond acceptors (Lipinski definition) is 4. The molecule has 2 N–H and O–H groups in total. The molecule has 3 heterocycles. The molecule has 0 radical (unpaired) electrons. The minimum Gasteiger partial charge on any atom is -0.390 e. The smallest absolute Gasteiger partial charge is 0.222 e. The number of nitrogens with zero attached hydrogens (tertiary/aromatic N) is 3. The Morgan fingerprint density at radius 1 is 1.12 bits per heavy atom. The van der Waals surface area contributed by atoms with Crippen LogP contribution in [-0.4, -0.2) is 63.1 Å². The van der Waals surface area contributed by atoms with E-state index in [2.05, 4.69) is 9.88 Å². The highest BCUT2D eigenvalue weighted by Gasteiger charge is 2.32. The largest absolute Gasteiger partial charge is 0.390 e. The highest BCUT2D eigenvalue weighted by molar-refractivity contribution is 5.78. The molecule has 4 rings (SSSR count). The Morgan fingerprint density at radius 3 is 2.79 bits per heavy atom. The lowest BCUT2D eigenvalue weighted by molar-refractivity contribution is -0.129. The zero-order chi connectivity index (χ0) is 16.5. The summed E-state index contributed by atoms with van der Waals surface area (Å²) in [6.45, 7) is 2.89. The molecular formula is C18H28N4O2. The van der Waals surface area contributed by atoms with Crippen molar-refractivity contribution in [1.82, 2.24) is 19.8 Å². The lowest BCUT2D eigenvalue weighted by Crippen LogP contribution is -2.40. The molecule has 1 aromatic rings. The van der Waals surface area contributed by atoms with E-state index in [9.17, 15) is 9.90 Å². The molecule has 3 aliphatic rings. The number of nitrogens with one attached hydrogen (secondary N) is 1. The lowest BCUT2D eigenvalue weighted by atomic mass is 10.0. The number of carbonyl (C=O) groups is 1. The van der Waals surface area contributed by atoms with E-state index < -0.39 is 6.10 Å². The molecule has 2 saturated heterocycles. The van der Waals surface area contributed by atoms with Gasteiger partial charge in [-0.1, -0.05) is 0 Å². The van der Waals surface area contributed by atoms with Crippen LogP contribution in [0.15, 0.2) is 0 Å². The van der Waals surface area contributed by atoms with E-state index in [1.54, 1.807) is 4.90 Å². The number of aromatic nitrogens is 2. The molecule has 0 saturated carbocycles. The molecule has 132 valence electrons. The fourth-order valence-electron chi connectivity index (χ4n) is 4.47. The van der Waals surface area contributed by atoms with Crippen molar-refractivity contribution in [2.24, 2.45) is 0 Å². The van der Waals surface area contributed by atoms with Crippen molar-refractivity contribution in [3.05, 3.63) is 17.2 Å². The van der Waals surface area contributed by atoms with E-state index in [4.69, 9.17) is 4.98 Å². The molecule has 24 heavy (non-hydrogen) atoms. The minimum absolute atomic E-state index is 0.186. The fraction of sp³-hybridized carbons (Fsp3) is 0.778. The van der Waals surface area contributed by atoms with Gasteiger partial charge in [-0.3, -0.25) is 9.69 Å². The van der Waals surface area contributed by atoms with Crippen LogP contribution in [0.5, 0.6) is 0 Å². The van der Waals surface area contributed by atoms with Gasteiger partial charge in [0.15, 0.2) is 0 Å². The Hall–Kier alpha value is -1.40. The SMILES string of the molecule is O=C1CCCN1C[C@H](O)CN1CCC[C@@H]1c1nc2c([nH]1)CCCC2. The van der Waals surface area contributed by atoms with Crippen LogP contribution in [-0.2, 0) is 17.6 Å². The Kier molecular flexibility index (Phi) is 4.59. The third kappa shape index (κ3) is 3.22. The highest BCUT2D eigenvalue weighted by Crippen LogP contribution is 2.32. The van der Waals surface area contributed by atoms with Crippen molar-refractivity contribution in [2.45, 2.75) is 63.5 Å². The van der Waals surface area contributed by atoms with Gasteiger partial charge in [-0.15, -0.1) is 0 Å². The number of fused-ring (bicyclic) bond motifs is 1. The number of β-amino-alcohol motifs (C(OH)–C–C–N with tert-alkyl or cyclic N) is 1. The molecule has 6 nitrogen and oxygen atoms in total. The number of aryl methyl sites for hydroxylation is 2. The fourth-order valence-corrected chi connectivity index (χ4v) is 4.47. The number of aromatic amines is 1. The van der Waals surface area contributed by atoms with Gasteiger partial charge in [0.05, 0.1) is 17.8 Å². The standard InChI is InChI=1S/C18H28N4O2/c23-13(12-22-10-4-8-17(22)24)11-21-9-3-7-16(21)18-19-14-5-1-2-6-15(14)20-18/h13,16,23H,1-12H2,(H,19,20)/t13-,16-/m1/s1. The number of aliphatic hydroxyl groups is 1. The first-order valence-electron chi connectivity index (χ1n) is 9.48. The number of aliphatic hydroxyl groups excluding tert-OH is 1. The van der Waals surface area contributed by atoms with Crippen LogP contribution in [0.25, 0.3) is 0 Å². The first-order valence-corrected chi connectivity index (χ1v) is 9.48. The number of hydrogen-bond donors (Lipinski definition) is 2. The van der Waals surface area contributed by atoms with Crippen LogP contribution in [0.4, 0.5) is 0 Å². The molecule has 1 aliphatic carbocycles. The zero-order valence-electron chi connectivity index (χ0n) is 14.3. The van der Waals surface area contributed by atoms with Crippen molar-refractivity contribution >= 4 is 5.91 Å². The van der Waals surface area contributed by atoms with Crippen molar-refractivity contribution in [1.29, 1.82) is 0 Å². The second-order valence-corrected chi connectivity index (χ2v) is 7.50. The van der Waals surface area contributed by atoms with Gasteiger partial charge in [0.1, 0.15) is 5.82 Å². The van der Waals surface area contributed by atoms with Gasteiger partial charge in [-0.05, 0) is 51.5 Å². The Labute approximate surface area is 143 Å². The van der Waals surface area contributed by atoms with Crippen molar-refractivity contribution in [3.63, 3.8) is 0 Å². The molecule has 1 aromatic heterocycles. The topological polar surface area (TPSA) is 72.5 Å². The molecule has 2 atom stereocenters. The van der Waals surface area contributed by atoms with Gasteiger partial charge in [0.25, 0.3) is 0 Å². The van der Waals surface area contributed by atoms with Gasteiger partial charge >= 0.3 is 0 Å². The highest BCUT2D eigenvalue weighted by atomic mass is 16.3. The van der Waals surface area contributed by atoms with Crippen molar-refractivity contribution in [2.75, 3.05) is 26.2 Å². The quantitative estimate of drug-likeness (QED) is 0.855. The Balaban J connectivity index is 1.39. The average Bonchev–Trinajstić information content (AvgIpc) is 3.27. The number of carbonyl (C=O) groups excluding carboxylic acids is 1. The van der Waals surface area contributed by atoms with E-state index in [1.165, 1.54) is 24.2 Å². The van der Waals surface area contributed by atoms with Gasteiger partial charge in [0, 0.05) is 31.7 Å². The Bertz CT molecular complexity index is 576. The molecule has 0 unspecified atom stereocenters. The summed E-state index contributed by atoms with van der Waals surface area (Å²) >= 11 is 0. The molecule has 2 fully saturated rings. The molecule has 1 amide bonds. The summed E-state index contributed by atoms with van der Waals surface area (Å²) < 4.78 is 0. The second kappa shape index (κ2) is 6.84. The molecule has 2 aliphatic heterocycles. The molecular weight excluding hydrogens is 304 g/mol. The maximum absolute atomic E-state index is 11.7. The van der Waals surface area contributed by atoms with E-state index >= 15 is 0 Å². The predicted octanol–water partition coefficient (Wildman–Crippen LogP) is 1.41. The summed E-state index contributed by atoms with van der Waals surface area (Å²) in [7, 11) is 0. The number of H-pyrrole nitrogens is 1. The average molecular weight is 332 g/mol. The summed E-state index contributed by atoms with van der Waals surface area (Å²) in [5.41, 5.74) is 2.58. The van der Waals surface area contributed by atoms with Crippen molar-refractivity contribution < 1.29 is 9.90 Å². The maximum Gasteiger partial charge on any atom is 0.222 e.